The molecule has 37 heavy (non-hydrogen) atoms. The predicted octanol–water partition coefficient (Wildman–Crippen LogP) is 3.22. The molecule has 2 saturated heterocycles. The van der Waals surface area contributed by atoms with Crippen LogP contribution >= 0.6 is 11.6 Å². The van der Waals surface area contributed by atoms with Crippen LogP contribution in [0.3, 0.4) is 0 Å². The van der Waals surface area contributed by atoms with Crippen LogP contribution in [0.2, 0.25) is 5.02 Å². The Morgan fingerprint density at radius 2 is 1.95 bits per heavy atom. The largest absolute Gasteiger partial charge is 0.466 e. The number of urea groups is 1. The topological polar surface area (TPSA) is 139 Å². The maximum atomic E-state index is 14.2. The van der Waals surface area contributed by atoms with Gasteiger partial charge >= 0.3 is 12.0 Å². The SMILES string of the molecule is CCOC(=O)C1CCN2c3ccc([N+](=O)[O-])cc3CC3(C(=O)NC(=O)N(c4ccc(Cl)cc4)C3=O)C2C1. The third-order valence-corrected chi connectivity index (χ3v) is 7.59. The molecule has 3 unspecified atom stereocenters. The Morgan fingerprint density at radius 3 is 2.62 bits per heavy atom. The number of piperidine rings is 1. The first kappa shape index (κ1) is 24.7. The molecule has 0 bridgehead atoms. The van der Waals surface area contributed by atoms with E-state index in [-0.39, 0.29) is 30.8 Å². The van der Waals surface area contributed by atoms with Crippen LogP contribution in [-0.2, 0) is 25.5 Å². The molecular formula is C25H23ClN4O7. The molecule has 3 aliphatic rings. The van der Waals surface area contributed by atoms with E-state index >= 15 is 0 Å². The molecule has 12 heteroatoms. The van der Waals surface area contributed by atoms with E-state index in [0.29, 0.717) is 29.2 Å². The summed E-state index contributed by atoms with van der Waals surface area (Å²) >= 11 is 5.98. The molecule has 5 rings (SSSR count). The Hall–Kier alpha value is -3.99. The van der Waals surface area contributed by atoms with E-state index in [1.54, 1.807) is 13.0 Å². The predicted molar refractivity (Wildman–Crippen MR) is 132 cm³/mol. The summed E-state index contributed by atoms with van der Waals surface area (Å²) in [4.78, 5) is 67.1. The minimum Gasteiger partial charge on any atom is -0.466 e. The van der Waals surface area contributed by atoms with Crippen molar-refractivity contribution in [2.24, 2.45) is 11.3 Å². The standard InChI is InChI=1S/C25H23ClN4O7/c1-2-37-21(31)14-9-10-28-19-8-7-18(30(35)36)11-15(19)13-25(20(28)12-14)22(32)27-24(34)29(23(25)33)17-5-3-16(26)4-6-17/h3-8,11,14,20H,2,9-10,12-13H2,1H3,(H,27,32,34). The number of halogens is 1. The van der Waals surface area contributed by atoms with Crippen molar-refractivity contribution in [3.63, 3.8) is 0 Å². The Labute approximate surface area is 216 Å². The van der Waals surface area contributed by atoms with Crippen LogP contribution < -0.4 is 15.1 Å². The van der Waals surface area contributed by atoms with Gasteiger partial charge in [-0.3, -0.25) is 29.8 Å². The van der Waals surface area contributed by atoms with Crippen molar-refractivity contribution < 1.29 is 28.8 Å². The Balaban J connectivity index is 1.65. The molecule has 0 aromatic heterocycles. The molecule has 0 saturated carbocycles. The van der Waals surface area contributed by atoms with Gasteiger partial charge in [0.2, 0.25) is 5.91 Å². The van der Waals surface area contributed by atoms with E-state index in [1.165, 1.54) is 36.4 Å². The van der Waals surface area contributed by atoms with Crippen molar-refractivity contribution in [2.75, 3.05) is 23.0 Å². The van der Waals surface area contributed by atoms with Crippen LogP contribution in [0, 0.1) is 21.4 Å². The first-order valence-electron chi connectivity index (χ1n) is 11.8. The number of amides is 4. The zero-order valence-electron chi connectivity index (χ0n) is 19.8. The normalized spacial score (nSPS) is 24.9. The van der Waals surface area contributed by atoms with Gasteiger partial charge in [0.1, 0.15) is 0 Å². The number of nitrogens with one attached hydrogen (secondary N) is 1. The number of imide groups is 2. The van der Waals surface area contributed by atoms with Gasteiger partial charge in [-0.1, -0.05) is 11.6 Å². The average molecular weight is 527 g/mol. The summed E-state index contributed by atoms with van der Waals surface area (Å²) in [5.41, 5.74) is -0.690. The number of nitro benzene ring substituents is 1. The smallest absolute Gasteiger partial charge is 0.335 e. The minimum absolute atomic E-state index is 0.136. The Bertz CT molecular complexity index is 1330. The lowest BCUT2D eigenvalue weighted by Gasteiger charge is -2.54. The number of hydrogen-bond acceptors (Lipinski definition) is 8. The number of esters is 1. The summed E-state index contributed by atoms with van der Waals surface area (Å²) in [6, 6.07) is 8.65. The van der Waals surface area contributed by atoms with Gasteiger partial charge in [0.05, 0.1) is 29.2 Å². The van der Waals surface area contributed by atoms with Gasteiger partial charge in [-0.25, -0.2) is 9.69 Å². The van der Waals surface area contributed by atoms with Crippen molar-refractivity contribution in [1.82, 2.24) is 5.32 Å². The molecule has 11 nitrogen and oxygen atoms in total. The molecule has 2 fully saturated rings. The maximum absolute atomic E-state index is 14.2. The average Bonchev–Trinajstić information content (AvgIpc) is 2.87. The maximum Gasteiger partial charge on any atom is 0.335 e. The van der Waals surface area contributed by atoms with Gasteiger partial charge in [-0.05, 0) is 55.7 Å². The van der Waals surface area contributed by atoms with E-state index in [4.69, 9.17) is 16.3 Å². The highest BCUT2D eigenvalue weighted by atomic mass is 35.5. The van der Waals surface area contributed by atoms with Crippen molar-refractivity contribution >= 4 is 52.5 Å². The summed E-state index contributed by atoms with van der Waals surface area (Å²) in [5, 5.41) is 14.2. The molecule has 3 heterocycles. The highest BCUT2D eigenvalue weighted by molar-refractivity contribution is 6.32. The lowest BCUT2D eigenvalue weighted by Crippen LogP contribution is -2.73. The number of rotatable bonds is 4. The second-order valence-corrected chi connectivity index (χ2v) is 9.71. The molecule has 0 radical (unpaired) electrons. The van der Waals surface area contributed by atoms with Gasteiger partial charge in [0, 0.05) is 35.8 Å². The van der Waals surface area contributed by atoms with Gasteiger partial charge in [-0.15, -0.1) is 0 Å². The number of carbonyl (C=O) groups is 4. The first-order chi connectivity index (χ1) is 17.7. The van der Waals surface area contributed by atoms with Gasteiger partial charge in [0.15, 0.2) is 5.41 Å². The van der Waals surface area contributed by atoms with Crippen LogP contribution in [0.4, 0.5) is 21.9 Å². The third kappa shape index (κ3) is 3.90. The minimum atomic E-state index is -1.82. The second-order valence-electron chi connectivity index (χ2n) is 9.28. The van der Waals surface area contributed by atoms with Gasteiger partial charge < -0.3 is 9.64 Å². The van der Waals surface area contributed by atoms with Crippen LogP contribution in [0.1, 0.15) is 25.3 Å². The number of benzene rings is 2. The highest BCUT2D eigenvalue weighted by Gasteiger charge is 2.63. The van der Waals surface area contributed by atoms with Crippen molar-refractivity contribution in [3.05, 3.63) is 63.2 Å². The van der Waals surface area contributed by atoms with E-state index in [9.17, 15) is 29.3 Å². The Morgan fingerprint density at radius 1 is 1.22 bits per heavy atom. The lowest BCUT2D eigenvalue weighted by atomic mass is 9.64. The first-order valence-corrected chi connectivity index (χ1v) is 12.2. The zero-order chi connectivity index (χ0) is 26.5. The molecule has 2 aromatic rings. The van der Waals surface area contributed by atoms with Crippen molar-refractivity contribution in [2.45, 2.75) is 32.2 Å². The molecular weight excluding hydrogens is 504 g/mol. The third-order valence-electron chi connectivity index (χ3n) is 7.34. The number of ether oxygens (including phenoxy) is 1. The molecule has 2 aromatic carbocycles. The molecule has 192 valence electrons. The number of non-ortho nitro benzene ring substituents is 1. The number of nitrogens with zero attached hydrogens (tertiary/aromatic N) is 3. The van der Waals surface area contributed by atoms with Crippen LogP contribution in [0.15, 0.2) is 42.5 Å². The lowest BCUT2D eigenvalue weighted by molar-refractivity contribution is -0.384. The van der Waals surface area contributed by atoms with Crippen LogP contribution in [0.25, 0.3) is 0 Å². The molecule has 0 aliphatic carbocycles. The number of barbiturate groups is 1. The summed E-state index contributed by atoms with van der Waals surface area (Å²) in [6.45, 7) is 2.21. The van der Waals surface area contributed by atoms with E-state index < -0.39 is 46.1 Å². The summed E-state index contributed by atoms with van der Waals surface area (Å²) in [5.74, 6) is -2.54. The zero-order valence-corrected chi connectivity index (χ0v) is 20.6. The van der Waals surface area contributed by atoms with Crippen molar-refractivity contribution in [1.29, 1.82) is 0 Å². The van der Waals surface area contributed by atoms with Crippen LogP contribution in [0.5, 0.6) is 0 Å². The molecule has 3 aliphatic heterocycles. The number of anilines is 2. The van der Waals surface area contributed by atoms with E-state index in [0.717, 1.165) is 4.90 Å². The second kappa shape index (κ2) is 9.15. The summed E-state index contributed by atoms with van der Waals surface area (Å²) in [6.07, 6.45) is 0.372. The fourth-order valence-corrected chi connectivity index (χ4v) is 5.77. The number of carbonyl (C=O) groups excluding carboxylic acids is 4. The molecule has 1 spiro atoms. The van der Waals surface area contributed by atoms with E-state index in [1.807, 2.05) is 4.90 Å². The van der Waals surface area contributed by atoms with Crippen LogP contribution in [-0.4, -0.2) is 47.9 Å². The summed E-state index contributed by atoms with van der Waals surface area (Å²) in [7, 11) is 0. The summed E-state index contributed by atoms with van der Waals surface area (Å²) < 4.78 is 5.23. The van der Waals surface area contributed by atoms with E-state index in [2.05, 4.69) is 5.32 Å². The molecule has 4 amide bonds. The highest BCUT2D eigenvalue weighted by Crippen LogP contribution is 2.49. The number of nitro groups is 1. The van der Waals surface area contributed by atoms with Gasteiger partial charge in [0.25, 0.3) is 11.6 Å². The number of hydrogen-bond donors (Lipinski definition) is 1. The quantitative estimate of drug-likeness (QED) is 0.277. The Kier molecular flexibility index (Phi) is 6.10. The number of fused-ring (bicyclic) bond motifs is 4. The fraction of sp³-hybridized carbons (Fsp3) is 0.360. The molecule has 1 N–H and O–H groups in total. The van der Waals surface area contributed by atoms with Gasteiger partial charge in [-0.2, -0.15) is 0 Å². The van der Waals surface area contributed by atoms with Crippen molar-refractivity contribution in [3.8, 4) is 0 Å². The fourth-order valence-electron chi connectivity index (χ4n) is 5.65. The monoisotopic (exact) mass is 526 g/mol. The molecule has 3 atom stereocenters.